The largest absolute Gasteiger partial charge is 0.489 e. The van der Waals surface area contributed by atoms with Crippen molar-refractivity contribution < 1.29 is 9.84 Å². The minimum atomic E-state index is -0.0805. The van der Waals surface area contributed by atoms with Gasteiger partial charge in [-0.25, -0.2) is 0 Å². The minimum absolute atomic E-state index is 0.0805. The summed E-state index contributed by atoms with van der Waals surface area (Å²) < 4.78 is 5.75. The molecule has 19 heavy (non-hydrogen) atoms. The molecule has 0 unspecified atom stereocenters. The van der Waals surface area contributed by atoms with Crippen LogP contribution >= 0.6 is 11.6 Å². The van der Waals surface area contributed by atoms with Crippen molar-refractivity contribution in [2.45, 2.75) is 27.1 Å². The Morgan fingerprint density at radius 3 is 2.53 bits per heavy atom. The van der Waals surface area contributed by atoms with Gasteiger partial charge in [-0.15, -0.1) is 0 Å². The Hall–Kier alpha value is -1.51. The zero-order valence-corrected chi connectivity index (χ0v) is 11.9. The first-order valence-electron chi connectivity index (χ1n) is 6.18. The normalized spacial score (nSPS) is 10.5. The van der Waals surface area contributed by atoms with Gasteiger partial charge in [0.25, 0.3) is 0 Å². The van der Waals surface area contributed by atoms with Crippen molar-refractivity contribution in [2.24, 2.45) is 0 Å². The summed E-state index contributed by atoms with van der Waals surface area (Å²) in [5.74, 6) is 0.671. The topological polar surface area (TPSA) is 29.5 Å². The number of aryl methyl sites for hydroxylation is 2. The van der Waals surface area contributed by atoms with Crippen LogP contribution in [0, 0.1) is 13.8 Å². The molecule has 0 aliphatic rings. The zero-order chi connectivity index (χ0) is 13.8. The standard InChI is InChI=1S/C16H17ClO2/c1-11-3-4-13(7-12(11)2)10-19-16-6-5-15(17)8-14(16)9-18/h3-8,18H,9-10H2,1-2H3. The van der Waals surface area contributed by atoms with Crippen LogP contribution in [0.2, 0.25) is 5.02 Å². The van der Waals surface area contributed by atoms with Gasteiger partial charge in [-0.05, 0) is 48.7 Å². The molecular weight excluding hydrogens is 260 g/mol. The van der Waals surface area contributed by atoms with E-state index in [2.05, 4.69) is 32.0 Å². The number of aliphatic hydroxyl groups is 1. The fourth-order valence-corrected chi connectivity index (χ4v) is 2.06. The van der Waals surface area contributed by atoms with E-state index in [1.165, 1.54) is 11.1 Å². The number of aliphatic hydroxyl groups excluding tert-OH is 1. The van der Waals surface area contributed by atoms with Gasteiger partial charge < -0.3 is 9.84 Å². The van der Waals surface area contributed by atoms with Gasteiger partial charge in [-0.3, -0.25) is 0 Å². The average molecular weight is 277 g/mol. The molecular formula is C16H17ClO2. The van der Waals surface area contributed by atoms with Gasteiger partial charge >= 0.3 is 0 Å². The number of halogens is 1. The summed E-state index contributed by atoms with van der Waals surface area (Å²) in [5, 5.41) is 9.88. The van der Waals surface area contributed by atoms with Crippen LogP contribution in [0.5, 0.6) is 5.75 Å². The van der Waals surface area contributed by atoms with Crippen molar-refractivity contribution in [3.05, 3.63) is 63.7 Å². The molecule has 0 fully saturated rings. The van der Waals surface area contributed by atoms with Gasteiger partial charge in [0.2, 0.25) is 0 Å². The second-order valence-electron chi connectivity index (χ2n) is 4.62. The van der Waals surface area contributed by atoms with E-state index in [1.807, 2.05) is 0 Å². The first-order valence-corrected chi connectivity index (χ1v) is 6.56. The highest BCUT2D eigenvalue weighted by molar-refractivity contribution is 6.30. The van der Waals surface area contributed by atoms with E-state index in [0.717, 1.165) is 5.56 Å². The highest BCUT2D eigenvalue weighted by Gasteiger charge is 2.05. The molecule has 0 aliphatic carbocycles. The van der Waals surface area contributed by atoms with Gasteiger partial charge in [-0.2, -0.15) is 0 Å². The van der Waals surface area contributed by atoms with Gasteiger partial charge in [0.05, 0.1) is 6.61 Å². The van der Waals surface area contributed by atoms with E-state index in [0.29, 0.717) is 22.9 Å². The van der Waals surface area contributed by atoms with Gasteiger partial charge in [-0.1, -0.05) is 29.8 Å². The molecule has 2 rings (SSSR count). The molecule has 0 bridgehead atoms. The maximum Gasteiger partial charge on any atom is 0.125 e. The summed E-state index contributed by atoms with van der Waals surface area (Å²) in [7, 11) is 0. The summed E-state index contributed by atoms with van der Waals surface area (Å²) in [6.45, 7) is 4.57. The van der Waals surface area contributed by atoms with Crippen molar-refractivity contribution >= 4 is 11.6 Å². The minimum Gasteiger partial charge on any atom is -0.489 e. The quantitative estimate of drug-likeness (QED) is 0.914. The monoisotopic (exact) mass is 276 g/mol. The Kier molecular flexibility index (Phi) is 4.46. The summed E-state index contributed by atoms with van der Waals surface area (Å²) in [6.07, 6.45) is 0. The molecule has 0 aromatic heterocycles. The van der Waals surface area contributed by atoms with E-state index in [1.54, 1.807) is 18.2 Å². The van der Waals surface area contributed by atoms with Crippen LogP contribution < -0.4 is 4.74 Å². The molecule has 0 amide bonds. The van der Waals surface area contributed by atoms with E-state index >= 15 is 0 Å². The first-order chi connectivity index (χ1) is 9.10. The molecule has 0 atom stereocenters. The Morgan fingerprint density at radius 1 is 1.05 bits per heavy atom. The van der Waals surface area contributed by atoms with E-state index in [4.69, 9.17) is 16.3 Å². The number of benzene rings is 2. The molecule has 100 valence electrons. The molecule has 2 nitrogen and oxygen atoms in total. The smallest absolute Gasteiger partial charge is 0.125 e. The van der Waals surface area contributed by atoms with Crippen molar-refractivity contribution in [1.29, 1.82) is 0 Å². The van der Waals surface area contributed by atoms with Gasteiger partial charge in [0.1, 0.15) is 12.4 Å². The molecule has 2 aromatic rings. The second-order valence-corrected chi connectivity index (χ2v) is 5.05. The van der Waals surface area contributed by atoms with Crippen LogP contribution in [0.1, 0.15) is 22.3 Å². The van der Waals surface area contributed by atoms with Crippen molar-refractivity contribution in [3.63, 3.8) is 0 Å². The fraction of sp³-hybridized carbons (Fsp3) is 0.250. The SMILES string of the molecule is Cc1ccc(COc2ccc(Cl)cc2CO)cc1C. The summed E-state index contributed by atoms with van der Waals surface area (Å²) in [5.41, 5.74) is 4.34. The molecule has 2 aromatic carbocycles. The van der Waals surface area contributed by atoms with E-state index in [9.17, 15) is 5.11 Å². The molecule has 0 radical (unpaired) electrons. The molecule has 3 heteroatoms. The maximum atomic E-state index is 9.28. The molecule has 0 aliphatic heterocycles. The first kappa shape index (κ1) is 13.9. The lowest BCUT2D eigenvalue weighted by Gasteiger charge is -2.11. The third-order valence-electron chi connectivity index (χ3n) is 3.16. The molecule has 0 spiro atoms. The van der Waals surface area contributed by atoms with Crippen molar-refractivity contribution in [3.8, 4) is 5.75 Å². The Labute approximate surface area is 118 Å². The third-order valence-corrected chi connectivity index (χ3v) is 3.39. The van der Waals surface area contributed by atoms with Crippen LogP contribution in [0.4, 0.5) is 0 Å². The predicted octanol–water partition coefficient (Wildman–Crippen LogP) is 4.03. The predicted molar refractivity (Wildman–Crippen MR) is 77.6 cm³/mol. The average Bonchev–Trinajstić information content (AvgIpc) is 2.41. The van der Waals surface area contributed by atoms with Crippen LogP contribution in [0.3, 0.4) is 0 Å². The van der Waals surface area contributed by atoms with Gasteiger partial charge in [0, 0.05) is 10.6 Å². The Balaban J connectivity index is 2.12. The summed E-state index contributed by atoms with van der Waals surface area (Å²) >= 11 is 5.88. The highest BCUT2D eigenvalue weighted by atomic mass is 35.5. The third kappa shape index (κ3) is 3.49. The molecule has 1 N–H and O–H groups in total. The van der Waals surface area contributed by atoms with Gasteiger partial charge in [0.15, 0.2) is 0 Å². The maximum absolute atomic E-state index is 9.28. The summed E-state index contributed by atoms with van der Waals surface area (Å²) in [6, 6.07) is 11.5. The number of rotatable bonds is 4. The number of ether oxygens (including phenoxy) is 1. The number of hydrogen-bond donors (Lipinski definition) is 1. The second kappa shape index (κ2) is 6.09. The van der Waals surface area contributed by atoms with Crippen molar-refractivity contribution in [1.82, 2.24) is 0 Å². The molecule has 0 saturated heterocycles. The fourth-order valence-electron chi connectivity index (χ4n) is 1.87. The summed E-state index contributed by atoms with van der Waals surface area (Å²) in [4.78, 5) is 0. The highest BCUT2D eigenvalue weighted by Crippen LogP contribution is 2.24. The van der Waals surface area contributed by atoms with Crippen LogP contribution in [-0.2, 0) is 13.2 Å². The lowest BCUT2D eigenvalue weighted by molar-refractivity contribution is 0.259. The molecule has 0 heterocycles. The van der Waals surface area contributed by atoms with E-state index < -0.39 is 0 Å². The lowest BCUT2D eigenvalue weighted by Crippen LogP contribution is -1.99. The van der Waals surface area contributed by atoms with Crippen LogP contribution in [0.25, 0.3) is 0 Å². The lowest BCUT2D eigenvalue weighted by atomic mass is 10.1. The zero-order valence-electron chi connectivity index (χ0n) is 11.1. The Morgan fingerprint density at radius 2 is 1.84 bits per heavy atom. The van der Waals surface area contributed by atoms with Crippen molar-refractivity contribution in [2.75, 3.05) is 0 Å². The molecule has 0 saturated carbocycles. The Bertz CT molecular complexity index is 579. The van der Waals surface area contributed by atoms with Crippen LogP contribution in [0.15, 0.2) is 36.4 Å². The number of hydrogen-bond acceptors (Lipinski definition) is 2. The van der Waals surface area contributed by atoms with E-state index in [-0.39, 0.29) is 6.61 Å². The van der Waals surface area contributed by atoms with Crippen LogP contribution in [-0.4, -0.2) is 5.11 Å².